The molecule has 1 saturated heterocycles. The van der Waals surface area contributed by atoms with Crippen molar-refractivity contribution < 1.29 is 4.79 Å². The van der Waals surface area contributed by atoms with Crippen LogP contribution >= 0.6 is 0 Å². The zero-order valence-electron chi connectivity index (χ0n) is 8.42. The molecule has 0 bridgehead atoms. The summed E-state index contributed by atoms with van der Waals surface area (Å²) in [6.45, 7) is 4.02. The van der Waals surface area contributed by atoms with E-state index in [0.29, 0.717) is 17.9 Å². The molecule has 13 heavy (non-hydrogen) atoms. The highest BCUT2D eigenvalue weighted by atomic mass is 16.2. The summed E-state index contributed by atoms with van der Waals surface area (Å²) in [5, 5.41) is 3.27. The lowest BCUT2D eigenvalue weighted by molar-refractivity contribution is -0.135. The van der Waals surface area contributed by atoms with Gasteiger partial charge in [0.25, 0.3) is 0 Å². The summed E-state index contributed by atoms with van der Waals surface area (Å²) in [6.07, 6.45) is 2.41. The van der Waals surface area contributed by atoms with Gasteiger partial charge in [0.15, 0.2) is 0 Å². The molecule has 1 aliphatic heterocycles. The number of carbonyl (C=O) groups excluding carboxylic acids is 1. The van der Waals surface area contributed by atoms with E-state index in [1.807, 2.05) is 11.9 Å². The second kappa shape index (κ2) is 3.29. The van der Waals surface area contributed by atoms with E-state index < -0.39 is 0 Å². The van der Waals surface area contributed by atoms with Crippen LogP contribution in [-0.4, -0.2) is 37.0 Å². The zero-order valence-corrected chi connectivity index (χ0v) is 8.42. The van der Waals surface area contributed by atoms with Gasteiger partial charge in [-0.3, -0.25) is 4.79 Å². The number of nitrogens with one attached hydrogen (secondary N) is 1. The van der Waals surface area contributed by atoms with Crippen LogP contribution in [0.25, 0.3) is 0 Å². The lowest BCUT2D eigenvalue weighted by Crippen LogP contribution is -2.37. The summed E-state index contributed by atoms with van der Waals surface area (Å²) >= 11 is 0. The Balaban J connectivity index is 1.94. The van der Waals surface area contributed by atoms with E-state index in [9.17, 15) is 4.79 Å². The summed E-state index contributed by atoms with van der Waals surface area (Å²) in [4.78, 5) is 13.9. The summed E-state index contributed by atoms with van der Waals surface area (Å²) in [5.41, 5.74) is 0. The van der Waals surface area contributed by atoms with Gasteiger partial charge in [-0.1, -0.05) is 6.92 Å². The quantitative estimate of drug-likeness (QED) is 0.673. The van der Waals surface area contributed by atoms with Gasteiger partial charge in [0, 0.05) is 19.6 Å². The first-order chi connectivity index (χ1) is 6.20. The molecule has 1 amide bonds. The highest BCUT2D eigenvalue weighted by Crippen LogP contribution is 2.28. The van der Waals surface area contributed by atoms with Crippen molar-refractivity contribution in [1.82, 2.24) is 10.2 Å². The predicted octanol–water partition coefficient (Wildman–Crippen LogP) is 0.463. The molecule has 3 heteroatoms. The molecule has 0 aromatic heterocycles. The Labute approximate surface area is 79.5 Å². The minimum absolute atomic E-state index is 0.227. The maximum atomic E-state index is 11.9. The maximum absolute atomic E-state index is 11.9. The van der Waals surface area contributed by atoms with E-state index in [4.69, 9.17) is 0 Å². The Morgan fingerprint density at radius 2 is 2.08 bits per heavy atom. The molecule has 1 N–H and O–H groups in total. The molecule has 2 atom stereocenters. The Kier molecular flexibility index (Phi) is 2.28. The average molecular weight is 182 g/mol. The van der Waals surface area contributed by atoms with Gasteiger partial charge in [-0.05, 0) is 25.3 Å². The second-order valence-electron chi connectivity index (χ2n) is 4.42. The molecule has 3 nitrogen and oxygen atoms in total. The van der Waals surface area contributed by atoms with E-state index in [2.05, 4.69) is 12.2 Å². The molecule has 1 saturated carbocycles. The molecule has 0 aromatic carbocycles. The van der Waals surface area contributed by atoms with Crippen LogP contribution in [-0.2, 0) is 4.79 Å². The number of amides is 1. The van der Waals surface area contributed by atoms with Crippen LogP contribution in [0.15, 0.2) is 0 Å². The van der Waals surface area contributed by atoms with Gasteiger partial charge in [0.1, 0.15) is 0 Å². The van der Waals surface area contributed by atoms with Crippen LogP contribution in [0, 0.1) is 11.8 Å². The van der Waals surface area contributed by atoms with Gasteiger partial charge < -0.3 is 10.2 Å². The molecule has 0 radical (unpaired) electrons. The van der Waals surface area contributed by atoms with Gasteiger partial charge in [-0.15, -0.1) is 0 Å². The van der Waals surface area contributed by atoms with Crippen molar-refractivity contribution >= 4 is 5.91 Å². The van der Waals surface area contributed by atoms with Crippen molar-refractivity contribution in [2.24, 2.45) is 11.8 Å². The predicted molar refractivity (Wildman–Crippen MR) is 51.3 cm³/mol. The summed E-state index contributed by atoms with van der Waals surface area (Å²) in [7, 11) is 1.95. The molecule has 2 aliphatic rings. The van der Waals surface area contributed by atoms with Crippen molar-refractivity contribution in [1.29, 1.82) is 0 Å². The van der Waals surface area contributed by atoms with E-state index in [1.54, 1.807) is 0 Å². The third-order valence-corrected chi connectivity index (χ3v) is 3.28. The van der Waals surface area contributed by atoms with E-state index in [0.717, 1.165) is 13.1 Å². The lowest BCUT2D eigenvalue weighted by Gasteiger charge is -2.22. The summed E-state index contributed by atoms with van der Waals surface area (Å²) in [5.74, 6) is 1.08. The van der Waals surface area contributed by atoms with Gasteiger partial charge in [0.05, 0.1) is 5.92 Å². The van der Waals surface area contributed by atoms with Crippen LogP contribution in [0.3, 0.4) is 0 Å². The Hall–Kier alpha value is -0.570. The van der Waals surface area contributed by atoms with Crippen LogP contribution in [0.5, 0.6) is 0 Å². The number of carbonyl (C=O) groups is 1. The summed E-state index contributed by atoms with van der Waals surface area (Å²) in [6, 6.07) is 0.556. The van der Waals surface area contributed by atoms with Crippen LogP contribution < -0.4 is 5.32 Å². The molecule has 1 aliphatic carbocycles. The smallest absolute Gasteiger partial charge is 0.227 e. The molecule has 0 unspecified atom stereocenters. The van der Waals surface area contributed by atoms with Gasteiger partial charge in [-0.25, -0.2) is 0 Å². The van der Waals surface area contributed by atoms with Crippen molar-refractivity contribution in [3.05, 3.63) is 0 Å². The first-order valence-electron chi connectivity index (χ1n) is 5.17. The fourth-order valence-electron chi connectivity index (χ4n) is 2.04. The van der Waals surface area contributed by atoms with Gasteiger partial charge in [0.2, 0.25) is 5.91 Å². The molecule has 0 spiro atoms. The normalized spacial score (nSPS) is 33.4. The van der Waals surface area contributed by atoms with E-state index in [1.165, 1.54) is 12.8 Å². The monoisotopic (exact) mass is 182 g/mol. The lowest BCUT2D eigenvalue weighted by atomic mass is 9.97. The molecular formula is C10H18N2O. The van der Waals surface area contributed by atoms with Gasteiger partial charge in [-0.2, -0.15) is 0 Å². The van der Waals surface area contributed by atoms with Crippen LogP contribution in [0.2, 0.25) is 0 Å². The fourth-order valence-corrected chi connectivity index (χ4v) is 2.04. The minimum Gasteiger partial charge on any atom is -0.342 e. The first-order valence-corrected chi connectivity index (χ1v) is 5.17. The molecule has 1 heterocycles. The molecule has 2 fully saturated rings. The van der Waals surface area contributed by atoms with Crippen LogP contribution in [0.1, 0.15) is 19.8 Å². The van der Waals surface area contributed by atoms with Crippen molar-refractivity contribution in [2.45, 2.75) is 25.8 Å². The Morgan fingerprint density at radius 1 is 1.38 bits per heavy atom. The molecule has 74 valence electrons. The number of nitrogens with zero attached hydrogens (tertiary/aromatic N) is 1. The number of rotatable bonds is 2. The second-order valence-corrected chi connectivity index (χ2v) is 4.42. The average Bonchev–Trinajstić information content (AvgIpc) is 2.87. The Morgan fingerprint density at radius 3 is 2.54 bits per heavy atom. The minimum atomic E-state index is 0.227. The third kappa shape index (κ3) is 1.70. The van der Waals surface area contributed by atoms with Crippen molar-refractivity contribution in [2.75, 3.05) is 20.1 Å². The maximum Gasteiger partial charge on any atom is 0.227 e. The topological polar surface area (TPSA) is 32.3 Å². The number of hydrogen-bond acceptors (Lipinski definition) is 2. The molecule has 2 rings (SSSR count). The fraction of sp³-hybridized carbons (Fsp3) is 0.900. The van der Waals surface area contributed by atoms with Crippen LogP contribution in [0.4, 0.5) is 0 Å². The Bertz CT molecular complexity index is 213. The third-order valence-electron chi connectivity index (χ3n) is 3.28. The highest BCUT2D eigenvalue weighted by molar-refractivity contribution is 5.80. The van der Waals surface area contributed by atoms with E-state index in [-0.39, 0.29) is 5.92 Å². The van der Waals surface area contributed by atoms with Crippen molar-refractivity contribution in [3.8, 4) is 0 Å². The molecular weight excluding hydrogens is 164 g/mol. The zero-order chi connectivity index (χ0) is 9.42. The van der Waals surface area contributed by atoms with E-state index >= 15 is 0 Å². The standard InChI is InChI=1S/C10H18N2O/c1-7-5-11-6-9(7)10(13)12(2)8-3-4-8/h7-9,11H,3-6H2,1-2H3/t7-,9-/m1/s1. The SMILES string of the molecule is C[C@@H]1CNC[C@H]1C(=O)N(C)C1CC1. The highest BCUT2D eigenvalue weighted by Gasteiger charge is 2.36. The van der Waals surface area contributed by atoms with Crippen molar-refractivity contribution in [3.63, 3.8) is 0 Å². The molecule has 0 aromatic rings. The first kappa shape index (κ1) is 9.00. The number of hydrogen-bond donors (Lipinski definition) is 1. The van der Waals surface area contributed by atoms with Gasteiger partial charge >= 0.3 is 0 Å². The largest absolute Gasteiger partial charge is 0.342 e. The summed E-state index contributed by atoms with van der Waals surface area (Å²) < 4.78 is 0.